The number of rotatable bonds is 5. The zero-order valence-electron chi connectivity index (χ0n) is 17.0. The Balaban J connectivity index is 1.56. The van der Waals surface area contributed by atoms with Crippen molar-refractivity contribution < 1.29 is 31.2 Å². The third kappa shape index (κ3) is 5.57. The van der Waals surface area contributed by atoms with E-state index >= 15 is 0 Å². The van der Waals surface area contributed by atoms with Crippen molar-refractivity contribution in [2.75, 3.05) is 32.7 Å². The molecular formula is C20H26F3N3O4S. The highest BCUT2D eigenvalue weighted by Gasteiger charge is 2.39. The number of amides is 2. The minimum atomic E-state index is -4.79. The van der Waals surface area contributed by atoms with Crippen LogP contribution in [0.1, 0.15) is 37.7 Å². The molecule has 2 aliphatic rings. The summed E-state index contributed by atoms with van der Waals surface area (Å²) < 4.78 is 66.2. The van der Waals surface area contributed by atoms with Crippen molar-refractivity contribution in [3.8, 4) is 0 Å². The molecule has 1 saturated carbocycles. The first-order valence-electron chi connectivity index (χ1n) is 10.3. The van der Waals surface area contributed by atoms with E-state index in [0.29, 0.717) is 0 Å². The maximum atomic E-state index is 13.2. The number of sulfonamides is 1. The summed E-state index contributed by atoms with van der Waals surface area (Å²) in [5.41, 5.74) is -1.21. The normalized spacial score (nSPS) is 19.3. The van der Waals surface area contributed by atoms with Gasteiger partial charge >= 0.3 is 6.18 Å². The van der Waals surface area contributed by atoms with Gasteiger partial charge in [-0.3, -0.25) is 9.59 Å². The number of nitrogens with zero attached hydrogens (tertiary/aromatic N) is 2. The van der Waals surface area contributed by atoms with Crippen LogP contribution < -0.4 is 5.32 Å². The van der Waals surface area contributed by atoms with Gasteiger partial charge in [0.25, 0.3) is 0 Å². The molecule has 0 unspecified atom stereocenters. The van der Waals surface area contributed by atoms with Crippen LogP contribution in [0.3, 0.4) is 0 Å². The fourth-order valence-electron chi connectivity index (χ4n) is 4.03. The molecule has 1 N–H and O–H groups in total. The number of carbonyl (C=O) groups is 2. The summed E-state index contributed by atoms with van der Waals surface area (Å²) in [5.74, 6) is -0.549. The molecule has 1 aromatic rings. The molecule has 1 aliphatic carbocycles. The maximum absolute atomic E-state index is 13.2. The number of piperazine rings is 1. The molecule has 0 atom stereocenters. The van der Waals surface area contributed by atoms with E-state index in [4.69, 9.17) is 0 Å². The predicted octanol–water partition coefficient (Wildman–Crippen LogP) is 2.23. The van der Waals surface area contributed by atoms with Crippen molar-refractivity contribution in [3.05, 3.63) is 29.8 Å². The summed E-state index contributed by atoms with van der Waals surface area (Å²) in [6.45, 7) is -0.302. The molecule has 7 nitrogen and oxygen atoms in total. The number of nitrogens with one attached hydrogen (secondary N) is 1. The van der Waals surface area contributed by atoms with E-state index in [1.807, 2.05) is 0 Å². The molecule has 2 fully saturated rings. The number of carbonyl (C=O) groups excluding carboxylic acids is 2. The quantitative estimate of drug-likeness (QED) is 0.729. The third-order valence-electron chi connectivity index (χ3n) is 5.79. The second-order valence-corrected chi connectivity index (χ2v) is 9.74. The van der Waals surface area contributed by atoms with Crippen molar-refractivity contribution in [2.24, 2.45) is 5.92 Å². The molecule has 31 heavy (non-hydrogen) atoms. The fourth-order valence-corrected chi connectivity index (χ4v) is 5.66. The molecule has 172 valence electrons. The molecule has 3 rings (SSSR count). The second kappa shape index (κ2) is 9.56. The number of halogens is 3. The molecule has 0 aromatic heterocycles. The lowest BCUT2D eigenvalue weighted by Crippen LogP contribution is -2.53. The zero-order chi connectivity index (χ0) is 22.6. The number of alkyl halides is 3. The Labute approximate surface area is 179 Å². The summed E-state index contributed by atoms with van der Waals surface area (Å²) in [4.78, 5) is 25.2. The van der Waals surface area contributed by atoms with Gasteiger partial charge in [-0.1, -0.05) is 31.4 Å². The van der Waals surface area contributed by atoms with Crippen LogP contribution in [-0.4, -0.2) is 62.2 Å². The van der Waals surface area contributed by atoms with E-state index in [2.05, 4.69) is 5.32 Å². The fraction of sp³-hybridized carbons (Fsp3) is 0.600. The summed E-state index contributed by atoms with van der Waals surface area (Å²) in [6.07, 6.45) is -0.0485. The predicted molar refractivity (Wildman–Crippen MR) is 106 cm³/mol. The molecule has 0 bridgehead atoms. The molecule has 11 heteroatoms. The van der Waals surface area contributed by atoms with Crippen molar-refractivity contribution in [3.63, 3.8) is 0 Å². The van der Waals surface area contributed by atoms with Crippen LogP contribution >= 0.6 is 0 Å². The number of hydrogen-bond donors (Lipinski definition) is 1. The molecule has 2 amide bonds. The Bertz CT molecular complexity index is 906. The molecule has 1 saturated heterocycles. The average molecular weight is 462 g/mol. The summed E-state index contributed by atoms with van der Waals surface area (Å²) in [7, 11) is -4.36. The molecule has 1 aromatic carbocycles. The Morgan fingerprint density at radius 2 is 1.61 bits per heavy atom. The number of hydrogen-bond acceptors (Lipinski definition) is 4. The zero-order valence-corrected chi connectivity index (χ0v) is 17.8. The standard InChI is InChI=1S/C20H26F3N3O4S/c21-20(22,23)16-8-4-5-9-17(16)31(29,30)26-12-10-25(11-13-26)18(27)14-24-19(28)15-6-2-1-3-7-15/h4-5,8-9,15H,1-3,6-7,10-14H2,(H,24,28). The summed E-state index contributed by atoms with van der Waals surface area (Å²) >= 11 is 0. The van der Waals surface area contributed by atoms with Crippen molar-refractivity contribution in [2.45, 2.75) is 43.2 Å². The van der Waals surface area contributed by atoms with Gasteiger partial charge in [-0.2, -0.15) is 17.5 Å². The smallest absolute Gasteiger partial charge is 0.347 e. The van der Waals surface area contributed by atoms with E-state index < -0.39 is 26.7 Å². The lowest BCUT2D eigenvalue weighted by molar-refractivity contribution is -0.140. The van der Waals surface area contributed by atoms with Crippen molar-refractivity contribution in [1.29, 1.82) is 0 Å². The monoisotopic (exact) mass is 461 g/mol. The Hall–Kier alpha value is -2.14. The highest BCUT2D eigenvalue weighted by atomic mass is 32.2. The van der Waals surface area contributed by atoms with Crippen LogP contribution in [0.2, 0.25) is 0 Å². The van der Waals surface area contributed by atoms with E-state index in [1.165, 1.54) is 11.0 Å². The highest BCUT2D eigenvalue weighted by Crippen LogP contribution is 2.35. The molecule has 0 spiro atoms. The van der Waals surface area contributed by atoms with Crippen LogP contribution in [0.4, 0.5) is 13.2 Å². The topological polar surface area (TPSA) is 86.8 Å². The van der Waals surface area contributed by atoms with E-state index in [1.54, 1.807) is 0 Å². The van der Waals surface area contributed by atoms with Crippen LogP contribution in [0.25, 0.3) is 0 Å². The maximum Gasteiger partial charge on any atom is 0.417 e. The third-order valence-corrected chi connectivity index (χ3v) is 7.75. The Morgan fingerprint density at radius 3 is 2.23 bits per heavy atom. The van der Waals surface area contributed by atoms with Gasteiger partial charge in [0.05, 0.1) is 17.0 Å². The SMILES string of the molecule is O=C(NCC(=O)N1CCN(S(=O)(=O)c2ccccc2C(F)(F)F)CC1)C1CCCCC1. The van der Waals surface area contributed by atoms with Gasteiger partial charge in [0, 0.05) is 32.1 Å². The minimum Gasteiger partial charge on any atom is -0.347 e. The van der Waals surface area contributed by atoms with Gasteiger partial charge in [0.15, 0.2) is 0 Å². The van der Waals surface area contributed by atoms with Crippen LogP contribution in [0, 0.1) is 5.92 Å². The van der Waals surface area contributed by atoms with Crippen molar-refractivity contribution >= 4 is 21.8 Å². The molecular weight excluding hydrogens is 435 g/mol. The van der Waals surface area contributed by atoms with Gasteiger partial charge in [-0.15, -0.1) is 0 Å². The van der Waals surface area contributed by atoms with Gasteiger partial charge in [-0.05, 0) is 25.0 Å². The lowest BCUT2D eigenvalue weighted by atomic mass is 9.89. The van der Waals surface area contributed by atoms with Gasteiger partial charge in [0.2, 0.25) is 21.8 Å². The van der Waals surface area contributed by atoms with Gasteiger partial charge < -0.3 is 10.2 Å². The first-order valence-corrected chi connectivity index (χ1v) is 11.8. The first kappa shape index (κ1) is 23.5. The minimum absolute atomic E-state index is 0.0472. The molecule has 1 aliphatic heterocycles. The van der Waals surface area contributed by atoms with Crippen LogP contribution in [-0.2, 0) is 25.8 Å². The van der Waals surface area contributed by atoms with Crippen LogP contribution in [0.5, 0.6) is 0 Å². The second-order valence-electron chi connectivity index (χ2n) is 7.83. The van der Waals surface area contributed by atoms with Crippen molar-refractivity contribution in [1.82, 2.24) is 14.5 Å². The summed E-state index contributed by atoms with van der Waals surface area (Å²) in [5, 5.41) is 2.65. The highest BCUT2D eigenvalue weighted by molar-refractivity contribution is 7.89. The Morgan fingerprint density at radius 1 is 1.00 bits per heavy atom. The van der Waals surface area contributed by atoms with Gasteiger partial charge in [0.1, 0.15) is 0 Å². The van der Waals surface area contributed by atoms with E-state index in [9.17, 15) is 31.2 Å². The van der Waals surface area contributed by atoms with E-state index in [0.717, 1.165) is 54.6 Å². The summed E-state index contributed by atoms with van der Waals surface area (Å²) in [6, 6.07) is 4.06. The average Bonchev–Trinajstić information content (AvgIpc) is 2.77. The lowest BCUT2D eigenvalue weighted by Gasteiger charge is -2.34. The first-order chi connectivity index (χ1) is 14.6. The van der Waals surface area contributed by atoms with Gasteiger partial charge in [-0.25, -0.2) is 8.42 Å². The van der Waals surface area contributed by atoms with Crippen LogP contribution in [0.15, 0.2) is 29.2 Å². The molecule has 1 heterocycles. The number of benzene rings is 1. The van der Waals surface area contributed by atoms with E-state index in [-0.39, 0.29) is 50.5 Å². The Kier molecular flexibility index (Phi) is 7.25. The molecule has 0 radical (unpaired) electrons. The largest absolute Gasteiger partial charge is 0.417 e.